The molecule has 2 rings (SSSR count). The molecule has 7 nitrogen and oxygen atoms in total. The van der Waals surface area contributed by atoms with E-state index >= 15 is 0 Å². The number of benzene rings is 1. The first kappa shape index (κ1) is 16.2. The molecule has 0 radical (unpaired) electrons. The zero-order valence-corrected chi connectivity index (χ0v) is 12.9. The molecule has 0 bridgehead atoms. The lowest BCUT2D eigenvalue weighted by Gasteiger charge is -2.32. The van der Waals surface area contributed by atoms with Gasteiger partial charge in [0.15, 0.2) is 0 Å². The van der Waals surface area contributed by atoms with Gasteiger partial charge in [0.1, 0.15) is 12.3 Å². The van der Waals surface area contributed by atoms with Crippen molar-refractivity contribution in [3.63, 3.8) is 0 Å². The highest BCUT2D eigenvalue weighted by molar-refractivity contribution is 5.77. The summed E-state index contributed by atoms with van der Waals surface area (Å²) in [5.41, 5.74) is 1.49. The van der Waals surface area contributed by atoms with Crippen molar-refractivity contribution in [2.75, 3.05) is 32.1 Å². The number of nitro benzene ring substituents is 1. The number of methoxy groups -OCH3 is 1. The molecule has 1 fully saturated rings. The van der Waals surface area contributed by atoms with E-state index in [1.54, 1.807) is 17.0 Å². The Balaban J connectivity index is 1.96. The number of anilines is 1. The van der Waals surface area contributed by atoms with Gasteiger partial charge < -0.3 is 15.0 Å². The monoisotopic (exact) mass is 307 g/mol. The highest BCUT2D eigenvalue weighted by atomic mass is 16.6. The Bertz CT molecular complexity index is 554. The number of carbonyl (C=O) groups excluding carboxylic acids is 1. The van der Waals surface area contributed by atoms with E-state index in [1.807, 2.05) is 13.0 Å². The van der Waals surface area contributed by atoms with Gasteiger partial charge >= 0.3 is 0 Å². The summed E-state index contributed by atoms with van der Waals surface area (Å²) in [6.07, 6.45) is 1.53. The number of amides is 1. The van der Waals surface area contributed by atoms with Gasteiger partial charge in [0.25, 0.3) is 5.69 Å². The maximum atomic E-state index is 11.7. The molecule has 7 heteroatoms. The van der Waals surface area contributed by atoms with Crippen LogP contribution in [0.5, 0.6) is 0 Å². The predicted octanol–water partition coefficient (Wildman–Crippen LogP) is 1.95. The third-order valence-corrected chi connectivity index (χ3v) is 3.83. The zero-order valence-electron chi connectivity index (χ0n) is 12.9. The maximum absolute atomic E-state index is 11.7. The minimum Gasteiger partial charge on any atom is -0.377 e. The molecule has 1 saturated heterocycles. The van der Waals surface area contributed by atoms with E-state index in [2.05, 4.69) is 5.32 Å². The van der Waals surface area contributed by atoms with Crippen molar-refractivity contribution in [1.82, 2.24) is 4.90 Å². The van der Waals surface area contributed by atoms with Crippen molar-refractivity contribution in [3.8, 4) is 0 Å². The van der Waals surface area contributed by atoms with Crippen LogP contribution in [0.4, 0.5) is 11.4 Å². The van der Waals surface area contributed by atoms with Crippen molar-refractivity contribution in [1.29, 1.82) is 0 Å². The highest BCUT2D eigenvalue weighted by Gasteiger charge is 2.24. The van der Waals surface area contributed by atoms with Crippen LogP contribution < -0.4 is 5.32 Å². The van der Waals surface area contributed by atoms with Crippen molar-refractivity contribution in [3.05, 3.63) is 33.9 Å². The summed E-state index contributed by atoms with van der Waals surface area (Å²) in [5, 5.41) is 14.4. The maximum Gasteiger partial charge on any atom is 0.292 e. The van der Waals surface area contributed by atoms with Gasteiger partial charge in [0, 0.05) is 32.3 Å². The number of ether oxygens (including phenoxy) is 1. The SMILES string of the molecule is COCC(=O)N1CCC(Nc2ccc(C)cc2[N+](=O)[O-])CC1. The van der Waals surface area contributed by atoms with Crippen LogP contribution in [0.15, 0.2) is 18.2 Å². The third-order valence-electron chi connectivity index (χ3n) is 3.83. The molecule has 1 aliphatic heterocycles. The molecular weight excluding hydrogens is 286 g/mol. The Labute approximate surface area is 129 Å². The fourth-order valence-electron chi connectivity index (χ4n) is 2.62. The van der Waals surface area contributed by atoms with Crippen LogP contribution in [0.3, 0.4) is 0 Å². The summed E-state index contributed by atoms with van der Waals surface area (Å²) in [6, 6.07) is 5.30. The zero-order chi connectivity index (χ0) is 16.1. The third kappa shape index (κ3) is 3.94. The number of nitrogens with zero attached hydrogens (tertiary/aromatic N) is 2. The van der Waals surface area contributed by atoms with Crippen LogP contribution in [0, 0.1) is 17.0 Å². The number of hydrogen-bond acceptors (Lipinski definition) is 5. The van der Waals surface area contributed by atoms with E-state index in [0.29, 0.717) is 18.8 Å². The van der Waals surface area contributed by atoms with Gasteiger partial charge in [0.2, 0.25) is 5.91 Å². The largest absolute Gasteiger partial charge is 0.377 e. The molecule has 1 heterocycles. The molecule has 1 aliphatic rings. The first-order valence-electron chi connectivity index (χ1n) is 7.29. The topological polar surface area (TPSA) is 84.7 Å². The molecule has 22 heavy (non-hydrogen) atoms. The lowest BCUT2D eigenvalue weighted by atomic mass is 10.0. The molecule has 0 atom stereocenters. The summed E-state index contributed by atoms with van der Waals surface area (Å²) in [7, 11) is 1.50. The van der Waals surface area contributed by atoms with Crippen LogP contribution in [0.25, 0.3) is 0 Å². The molecule has 1 aromatic rings. The molecule has 0 aromatic heterocycles. The standard InChI is InChI=1S/C15H21N3O4/c1-11-3-4-13(14(9-11)18(20)21)16-12-5-7-17(8-6-12)15(19)10-22-2/h3-4,9,12,16H,5-8,10H2,1-2H3. The Morgan fingerprint density at radius 3 is 2.73 bits per heavy atom. The van der Waals surface area contributed by atoms with Crippen molar-refractivity contribution in [2.24, 2.45) is 0 Å². The molecule has 0 aliphatic carbocycles. The number of carbonyl (C=O) groups is 1. The number of rotatable bonds is 5. The van der Waals surface area contributed by atoms with E-state index in [0.717, 1.165) is 18.4 Å². The van der Waals surface area contributed by atoms with Gasteiger partial charge in [-0.25, -0.2) is 0 Å². The molecule has 1 aromatic carbocycles. The summed E-state index contributed by atoms with van der Waals surface area (Å²) in [6.45, 7) is 3.21. The van der Waals surface area contributed by atoms with E-state index in [1.165, 1.54) is 7.11 Å². The van der Waals surface area contributed by atoms with E-state index < -0.39 is 0 Å². The number of aryl methyl sites for hydroxylation is 1. The van der Waals surface area contributed by atoms with Gasteiger partial charge in [-0.1, -0.05) is 6.07 Å². The van der Waals surface area contributed by atoms with E-state index in [-0.39, 0.29) is 29.2 Å². The number of nitro groups is 1. The van der Waals surface area contributed by atoms with Gasteiger partial charge in [-0.2, -0.15) is 0 Å². The number of piperidine rings is 1. The number of likely N-dealkylation sites (tertiary alicyclic amines) is 1. The Morgan fingerprint density at radius 1 is 1.45 bits per heavy atom. The molecule has 1 amide bonds. The summed E-state index contributed by atoms with van der Waals surface area (Å²) < 4.78 is 4.85. The van der Waals surface area contributed by atoms with Gasteiger partial charge in [0.05, 0.1) is 4.92 Å². The molecule has 120 valence electrons. The lowest BCUT2D eigenvalue weighted by molar-refractivity contribution is -0.384. The molecule has 0 unspecified atom stereocenters. The molecular formula is C15H21N3O4. The van der Waals surface area contributed by atoms with Crippen LogP contribution in [0.1, 0.15) is 18.4 Å². The number of nitrogens with one attached hydrogen (secondary N) is 1. The van der Waals surface area contributed by atoms with Crippen LogP contribution in [-0.4, -0.2) is 48.6 Å². The molecule has 0 spiro atoms. The predicted molar refractivity (Wildman–Crippen MR) is 82.9 cm³/mol. The fourth-order valence-corrected chi connectivity index (χ4v) is 2.62. The summed E-state index contributed by atoms with van der Waals surface area (Å²) >= 11 is 0. The molecule has 1 N–H and O–H groups in total. The Kier molecular flexibility index (Phi) is 5.32. The Morgan fingerprint density at radius 2 is 2.14 bits per heavy atom. The van der Waals surface area contributed by atoms with Crippen molar-refractivity contribution >= 4 is 17.3 Å². The van der Waals surface area contributed by atoms with Crippen molar-refractivity contribution < 1.29 is 14.5 Å². The van der Waals surface area contributed by atoms with Crippen LogP contribution in [0.2, 0.25) is 0 Å². The first-order chi connectivity index (χ1) is 10.5. The average Bonchev–Trinajstić information content (AvgIpc) is 2.50. The summed E-state index contributed by atoms with van der Waals surface area (Å²) in [5.74, 6) is -0.0118. The second-order valence-corrected chi connectivity index (χ2v) is 5.51. The van der Waals surface area contributed by atoms with E-state index in [4.69, 9.17) is 4.74 Å². The van der Waals surface area contributed by atoms with Gasteiger partial charge in [-0.3, -0.25) is 14.9 Å². The Hall–Kier alpha value is -2.15. The second-order valence-electron chi connectivity index (χ2n) is 5.51. The minimum absolute atomic E-state index is 0.0118. The van der Waals surface area contributed by atoms with Gasteiger partial charge in [-0.05, 0) is 31.4 Å². The normalized spacial score (nSPS) is 15.6. The average molecular weight is 307 g/mol. The molecule has 0 saturated carbocycles. The lowest BCUT2D eigenvalue weighted by Crippen LogP contribution is -2.43. The minimum atomic E-state index is -0.368. The second kappa shape index (κ2) is 7.22. The van der Waals surface area contributed by atoms with Gasteiger partial charge in [-0.15, -0.1) is 0 Å². The van der Waals surface area contributed by atoms with E-state index in [9.17, 15) is 14.9 Å². The highest BCUT2D eigenvalue weighted by Crippen LogP contribution is 2.27. The fraction of sp³-hybridized carbons (Fsp3) is 0.533. The quantitative estimate of drug-likeness (QED) is 0.664. The number of hydrogen-bond donors (Lipinski definition) is 1. The van der Waals surface area contributed by atoms with Crippen molar-refractivity contribution in [2.45, 2.75) is 25.8 Å². The van der Waals surface area contributed by atoms with Crippen LogP contribution >= 0.6 is 0 Å². The first-order valence-corrected chi connectivity index (χ1v) is 7.29. The van der Waals surface area contributed by atoms with Crippen LogP contribution in [-0.2, 0) is 9.53 Å². The smallest absolute Gasteiger partial charge is 0.292 e. The summed E-state index contributed by atoms with van der Waals surface area (Å²) in [4.78, 5) is 24.3.